The van der Waals surface area contributed by atoms with Gasteiger partial charge in [0.15, 0.2) is 0 Å². The van der Waals surface area contributed by atoms with Gasteiger partial charge in [0.25, 0.3) is 0 Å². The highest BCUT2D eigenvalue weighted by atomic mass is 15.2. The molecule has 2 aromatic rings. The van der Waals surface area contributed by atoms with Crippen molar-refractivity contribution >= 4 is 5.82 Å². The number of pyridine rings is 1. The lowest BCUT2D eigenvalue weighted by molar-refractivity contribution is 0.248. The zero-order valence-corrected chi connectivity index (χ0v) is 13.6. The van der Waals surface area contributed by atoms with Crippen LogP contribution < -0.4 is 4.90 Å². The quantitative estimate of drug-likeness (QED) is 0.834. The van der Waals surface area contributed by atoms with Gasteiger partial charge in [-0.2, -0.15) is 0 Å². The SMILES string of the molecule is CCN(C)c1ccc(C2CCCN2Cc2ccccc2)cn1. The fourth-order valence-corrected chi connectivity index (χ4v) is 3.19. The van der Waals surface area contributed by atoms with Crippen LogP contribution in [-0.2, 0) is 6.54 Å². The summed E-state index contributed by atoms with van der Waals surface area (Å²) in [7, 11) is 2.08. The molecule has 1 fully saturated rings. The van der Waals surface area contributed by atoms with Gasteiger partial charge in [0.2, 0.25) is 0 Å². The van der Waals surface area contributed by atoms with Crippen LogP contribution in [0.3, 0.4) is 0 Å². The summed E-state index contributed by atoms with van der Waals surface area (Å²) in [6.45, 7) is 5.34. The van der Waals surface area contributed by atoms with Crippen LogP contribution in [-0.4, -0.2) is 30.0 Å². The Hall–Kier alpha value is -1.87. The molecule has 1 unspecified atom stereocenters. The van der Waals surface area contributed by atoms with Crippen molar-refractivity contribution < 1.29 is 0 Å². The minimum Gasteiger partial charge on any atom is -0.360 e. The first kappa shape index (κ1) is 15.0. The minimum absolute atomic E-state index is 0.508. The van der Waals surface area contributed by atoms with Crippen LogP contribution in [0.25, 0.3) is 0 Å². The highest BCUT2D eigenvalue weighted by Crippen LogP contribution is 2.33. The Morgan fingerprint density at radius 1 is 1.18 bits per heavy atom. The van der Waals surface area contributed by atoms with Gasteiger partial charge in [0.05, 0.1) is 0 Å². The van der Waals surface area contributed by atoms with Crippen LogP contribution in [0.1, 0.15) is 36.9 Å². The topological polar surface area (TPSA) is 19.4 Å². The maximum atomic E-state index is 4.63. The average molecular weight is 295 g/mol. The summed E-state index contributed by atoms with van der Waals surface area (Å²) >= 11 is 0. The first-order valence-corrected chi connectivity index (χ1v) is 8.23. The van der Waals surface area contributed by atoms with Crippen molar-refractivity contribution in [2.45, 2.75) is 32.4 Å². The van der Waals surface area contributed by atoms with Gasteiger partial charge < -0.3 is 4.90 Å². The average Bonchev–Trinajstić information content (AvgIpc) is 3.03. The molecule has 1 saturated heterocycles. The van der Waals surface area contributed by atoms with Crippen molar-refractivity contribution in [3.63, 3.8) is 0 Å². The smallest absolute Gasteiger partial charge is 0.128 e. The summed E-state index contributed by atoms with van der Waals surface area (Å²) in [4.78, 5) is 9.38. The van der Waals surface area contributed by atoms with Crippen molar-refractivity contribution in [3.8, 4) is 0 Å². The summed E-state index contributed by atoms with van der Waals surface area (Å²) in [5, 5.41) is 0. The first-order valence-electron chi connectivity index (χ1n) is 8.23. The van der Waals surface area contributed by atoms with Crippen molar-refractivity contribution in [2.75, 3.05) is 25.0 Å². The number of aromatic nitrogens is 1. The maximum absolute atomic E-state index is 4.63. The van der Waals surface area contributed by atoms with Crippen molar-refractivity contribution in [3.05, 3.63) is 59.8 Å². The number of hydrogen-bond donors (Lipinski definition) is 0. The van der Waals surface area contributed by atoms with E-state index in [-0.39, 0.29) is 0 Å². The van der Waals surface area contributed by atoms with Crippen LogP contribution >= 0.6 is 0 Å². The Balaban J connectivity index is 1.72. The molecule has 22 heavy (non-hydrogen) atoms. The predicted molar refractivity (Wildman–Crippen MR) is 92.0 cm³/mol. The molecule has 1 atom stereocenters. The molecule has 0 aliphatic carbocycles. The van der Waals surface area contributed by atoms with E-state index in [9.17, 15) is 0 Å². The van der Waals surface area contributed by atoms with Gasteiger partial charge in [0.1, 0.15) is 5.82 Å². The van der Waals surface area contributed by atoms with Gasteiger partial charge in [-0.25, -0.2) is 4.98 Å². The van der Waals surface area contributed by atoms with Crippen molar-refractivity contribution in [2.24, 2.45) is 0 Å². The molecule has 1 aliphatic rings. The molecule has 0 radical (unpaired) electrons. The fourth-order valence-electron chi connectivity index (χ4n) is 3.19. The number of rotatable bonds is 5. The van der Waals surface area contributed by atoms with Gasteiger partial charge in [-0.3, -0.25) is 4.90 Å². The molecular formula is C19H25N3. The molecule has 2 heterocycles. The Kier molecular flexibility index (Phi) is 4.74. The van der Waals surface area contributed by atoms with Crippen molar-refractivity contribution in [1.82, 2.24) is 9.88 Å². The second kappa shape index (κ2) is 6.93. The van der Waals surface area contributed by atoms with Crippen LogP contribution in [0.5, 0.6) is 0 Å². The third-order valence-corrected chi connectivity index (χ3v) is 4.61. The van der Waals surface area contributed by atoms with Crippen LogP contribution in [0.2, 0.25) is 0 Å². The molecule has 1 aromatic heterocycles. The molecule has 0 saturated carbocycles. The standard InChI is InChI=1S/C19H25N3/c1-3-21(2)19-12-11-17(14-20-19)18-10-7-13-22(18)15-16-8-5-4-6-9-16/h4-6,8-9,11-12,14,18H,3,7,10,13,15H2,1-2H3. The predicted octanol–water partition coefficient (Wildman–Crippen LogP) is 3.87. The zero-order valence-electron chi connectivity index (χ0n) is 13.6. The number of hydrogen-bond acceptors (Lipinski definition) is 3. The molecule has 116 valence electrons. The van der Waals surface area contributed by atoms with Crippen LogP contribution in [0.15, 0.2) is 48.7 Å². The van der Waals surface area contributed by atoms with E-state index in [4.69, 9.17) is 0 Å². The van der Waals surface area contributed by atoms with E-state index in [0.29, 0.717) is 6.04 Å². The Morgan fingerprint density at radius 2 is 2.00 bits per heavy atom. The highest BCUT2D eigenvalue weighted by Gasteiger charge is 2.26. The highest BCUT2D eigenvalue weighted by molar-refractivity contribution is 5.38. The van der Waals surface area contributed by atoms with E-state index in [2.05, 4.69) is 77.4 Å². The molecule has 0 bridgehead atoms. The van der Waals surface area contributed by atoms with Gasteiger partial charge in [-0.1, -0.05) is 36.4 Å². The third-order valence-electron chi connectivity index (χ3n) is 4.61. The van der Waals surface area contributed by atoms with E-state index in [1.165, 1.54) is 30.5 Å². The van der Waals surface area contributed by atoms with E-state index < -0.39 is 0 Å². The Morgan fingerprint density at radius 3 is 2.68 bits per heavy atom. The summed E-state index contributed by atoms with van der Waals surface area (Å²) in [6, 6.07) is 15.7. The normalized spacial score (nSPS) is 18.5. The van der Waals surface area contributed by atoms with E-state index in [1.807, 2.05) is 0 Å². The lowest BCUT2D eigenvalue weighted by Gasteiger charge is -2.25. The molecular weight excluding hydrogens is 270 g/mol. The second-order valence-electron chi connectivity index (χ2n) is 6.08. The number of likely N-dealkylation sites (tertiary alicyclic amines) is 1. The number of anilines is 1. The second-order valence-corrected chi connectivity index (χ2v) is 6.08. The number of nitrogens with zero attached hydrogens (tertiary/aromatic N) is 3. The van der Waals surface area contributed by atoms with E-state index in [0.717, 1.165) is 18.9 Å². The third kappa shape index (κ3) is 3.30. The lowest BCUT2D eigenvalue weighted by Crippen LogP contribution is -2.23. The molecule has 3 heteroatoms. The maximum Gasteiger partial charge on any atom is 0.128 e. The van der Waals surface area contributed by atoms with Gasteiger partial charge >= 0.3 is 0 Å². The fraction of sp³-hybridized carbons (Fsp3) is 0.421. The zero-order chi connectivity index (χ0) is 15.4. The molecule has 1 aromatic carbocycles. The molecule has 3 rings (SSSR count). The summed E-state index contributed by atoms with van der Waals surface area (Å²) in [6.07, 6.45) is 4.57. The van der Waals surface area contributed by atoms with Crippen molar-refractivity contribution in [1.29, 1.82) is 0 Å². The Bertz CT molecular complexity index is 579. The monoisotopic (exact) mass is 295 g/mol. The Labute approximate surface area is 133 Å². The molecule has 0 spiro atoms. The van der Waals surface area contributed by atoms with E-state index in [1.54, 1.807) is 0 Å². The van der Waals surface area contributed by atoms with Crippen LogP contribution in [0, 0.1) is 0 Å². The first-order chi connectivity index (χ1) is 10.8. The lowest BCUT2D eigenvalue weighted by atomic mass is 10.1. The molecule has 3 nitrogen and oxygen atoms in total. The van der Waals surface area contributed by atoms with Crippen LogP contribution in [0.4, 0.5) is 5.82 Å². The molecule has 0 amide bonds. The number of benzene rings is 1. The van der Waals surface area contributed by atoms with E-state index >= 15 is 0 Å². The molecule has 0 N–H and O–H groups in total. The minimum atomic E-state index is 0.508. The van der Waals surface area contributed by atoms with Gasteiger partial charge in [-0.05, 0) is 43.5 Å². The van der Waals surface area contributed by atoms with Gasteiger partial charge in [-0.15, -0.1) is 0 Å². The summed E-state index contributed by atoms with van der Waals surface area (Å²) in [5.41, 5.74) is 2.74. The summed E-state index contributed by atoms with van der Waals surface area (Å²) in [5.74, 6) is 1.05. The van der Waals surface area contributed by atoms with Gasteiger partial charge in [0, 0.05) is 32.4 Å². The largest absolute Gasteiger partial charge is 0.360 e. The molecule has 1 aliphatic heterocycles. The summed E-state index contributed by atoms with van der Waals surface area (Å²) < 4.78 is 0.